The summed E-state index contributed by atoms with van der Waals surface area (Å²) in [6.07, 6.45) is 1.39. The van der Waals surface area contributed by atoms with E-state index in [9.17, 15) is 13.5 Å². The van der Waals surface area contributed by atoms with Gasteiger partial charge in [-0.25, -0.2) is 13.1 Å². The van der Waals surface area contributed by atoms with Gasteiger partial charge in [0.25, 0.3) is 10.0 Å². The second-order valence-electron chi connectivity index (χ2n) is 4.11. The van der Waals surface area contributed by atoms with Crippen molar-refractivity contribution in [2.24, 2.45) is 0 Å². The molecule has 17 heavy (non-hydrogen) atoms. The number of hydrogen-bond acceptors (Lipinski definition) is 5. The Morgan fingerprint density at radius 1 is 1.76 bits per heavy atom. The average Bonchev–Trinajstić information content (AvgIpc) is 2.88. The number of hydrogen-bond donors (Lipinski definition) is 3. The second-order valence-corrected chi connectivity index (χ2v) is 5.85. The molecule has 0 saturated carbocycles. The number of aromatic amines is 1. The molecule has 2 unspecified atom stereocenters. The lowest BCUT2D eigenvalue weighted by molar-refractivity contribution is -0.0228. The van der Waals surface area contributed by atoms with Gasteiger partial charge in [0.2, 0.25) is 0 Å². The Balaban J connectivity index is 2.03. The maximum Gasteiger partial charge on any atom is 0.257 e. The van der Waals surface area contributed by atoms with E-state index in [1.807, 2.05) is 0 Å². The van der Waals surface area contributed by atoms with Gasteiger partial charge in [0.05, 0.1) is 12.3 Å². The first-order valence-corrected chi connectivity index (χ1v) is 6.75. The van der Waals surface area contributed by atoms with Crippen LogP contribution in [0, 0.1) is 0 Å². The largest absolute Gasteiger partial charge is 0.386 e. The first-order chi connectivity index (χ1) is 7.94. The maximum atomic E-state index is 11.8. The molecule has 0 aliphatic carbocycles. The quantitative estimate of drug-likeness (QED) is 0.660. The zero-order valence-electron chi connectivity index (χ0n) is 9.38. The molecule has 0 radical (unpaired) electrons. The molecule has 1 fully saturated rings. The molecule has 3 N–H and O–H groups in total. The number of nitrogens with one attached hydrogen (secondary N) is 2. The van der Waals surface area contributed by atoms with E-state index in [0.717, 1.165) is 0 Å². The summed E-state index contributed by atoms with van der Waals surface area (Å²) in [5.74, 6) is 0. The highest BCUT2D eigenvalue weighted by molar-refractivity contribution is 7.89. The summed E-state index contributed by atoms with van der Waals surface area (Å²) in [4.78, 5) is 0. The van der Waals surface area contributed by atoms with Gasteiger partial charge < -0.3 is 9.84 Å². The Morgan fingerprint density at radius 3 is 3.06 bits per heavy atom. The third kappa shape index (κ3) is 2.49. The molecule has 2 heterocycles. The van der Waals surface area contributed by atoms with Crippen LogP contribution in [0.3, 0.4) is 0 Å². The molecule has 1 aromatic rings. The van der Waals surface area contributed by atoms with E-state index in [-0.39, 0.29) is 17.7 Å². The Labute approximate surface area is 99.2 Å². The van der Waals surface area contributed by atoms with Crippen LogP contribution in [0.5, 0.6) is 0 Å². The van der Waals surface area contributed by atoms with Gasteiger partial charge in [-0.05, 0) is 13.0 Å². The van der Waals surface area contributed by atoms with Crippen molar-refractivity contribution in [2.75, 3.05) is 13.2 Å². The van der Waals surface area contributed by atoms with Gasteiger partial charge in [-0.2, -0.15) is 5.10 Å². The molecule has 7 nitrogen and oxygen atoms in total. The summed E-state index contributed by atoms with van der Waals surface area (Å²) in [6.45, 7) is 2.08. The van der Waals surface area contributed by atoms with Crippen LogP contribution in [0.25, 0.3) is 0 Å². The predicted octanol–water partition coefficient (Wildman–Crippen LogP) is -0.772. The number of rotatable bonds is 4. The van der Waals surface area contributed by atoms with E-state index in [4.69, 9.17) is 4.74 Å². The van der Waals surface area contributed by atoms with Crippen molar-refractivity contribution in [1.29, 1.82) is 0 Å². The van der Waals surface area contributed by atoms with Gasteiger partial charge in [0.1, 0.15) is 5.60 Å². The first-order valence-electron chi connectivity index (χ1n) is 5.27. The minimum atomic E-state index is -3.65. The van der Waals surface area contributed by atoms with Crippen LogP contribution in [-0.4, -0.2) is 48.6 Å². The van der Waals surface area contributed by atoms with Crippen LogP contribution in [0.15, 0.2) is 17.3 Å². The van der Waals surface area contributed by atoms with Crippen molar-refractivity contribution in [1.82, 2.24) is 14.9 Å². The van der Waals surface area contributed by atoms with E-state index in [0.29, 0.717) is 13.0 Å². The van der Waals surface area contributed by atoms with Crippen LogP contribution >= 0.6 is 0 Å². The zero-order chi connectivity index (χ0) is 12.5. The van der Waals surface area contributed by atoms with Gasteiger partial charge >= 0.3 is 0 Å². The molecule has 1 saturated heterocycles. The Bertz CT molecular complexity index is 472. The standard InChI is InChI=1S/C9H15N3O4S/c1-7-9(13,3-5-16-7)6-11-17(14,15)8-2-4-10-12-8/h2,4,7,11,13H,3,5-6H2,1H3,(H,10,12). The lowest BCUT2D eigenvalue weighted by atomic mass is 9.97. The molecule has 8 heteroatoms. The molecular formula is C9H15N3O4S. The fraction of sp³-hybridized carbons (Fsp3) is 0.667. The van der Waals surface area contributed by atoms with Gasteiger partial charge in [-0.3, -0.25) is 5.10 Å². The second kappa shape index (κ2) is 4.37. The van der Waals surface area contributed by atoms with E-state index in [1.165, 1.54) is 12.3 Å². The fourth-order valence-corrected chi connectivity index (χ4v) is 2.70. The summed E-state index contributed by atoms with van der Waals surface area (Å²) in [5, 5.41) is 16.1. The molecule has 96 valence electrons. The number of ether oxygens (including phenoxy) is 1. The van der Waals surface area contributed by atoms with Crippen molar-refractivity contribution in [3.8, 4) is 0 Å². The van der Waals surface area contributed by atoms with Crippen molar-refractivity contribution >= 4 is 10.0 Å². The van der Waals surface area contributed by atoms with E-state index in [2.05, 4.69) is 14.9 Å². The number of sulfonamides is 1. The minimum absolute atomic E-state index is 0.0207. The predicted molar refractivity (Wildman–Crippen MR) is 58.8 cm³/mol. The maximum absolute atomic E-state index is 11.8. The lowest BCUT2D eigenvalue weighted by Crippen LogP contribution is -2.47. The van der Waals surface area contributed by atoms with Crippen molar-refractivity contribution in [2.45, 2.75) is 30.1 Å². The molecule has 0 amide bonds. The van der Waals surface area contributed by atoms with Crippen molar-refractivity contribution in [3.05, 3.63) is 12.3 Å². The lowest BCUT2D eigenvalue weighted by Gasteiger charge is -2.25. The minimum Gasteiger partial charge on any atom is -0.386 e. The highest BCUT2D eigenvalue weighted by atomic mass is 32.2. The SMILES string of the molecule is CC1OCCC1(O)CNS(=O)(=O)c1ccn[nH]1. The highest BCUT2D eigenvalue weighted by Crippen LogP contribution is 2.25. The van der Waals surface area contributed by atoms with E-state index >= 15 is 0 Å². The number of aliphatic hydroxyl groups is 1. The summed E-state index contributed by atoms with van der Waals surface area (Å²) in [7, 11) is -3.65. The number of aromatic nitrogens is 2. The molecule has 0 aromatic carbocycles. The van der Waals surface area contributed by atoms with Crippen LogP contribution in [0.1, 0.15) is 13.3 Å². The fourth-order valence-electron chi connectivity index (χ4n) is 1.69. The monoisotopic (exact) mass is 261 g/mol. The molecule has 1 aromatic heterocycles. The van der Waals surface area contributed by atoms with E-state index in [1.54, 1.807) is 6.92 Å². The molecule has 1 aliphatic rings. The van der Waals surface area contributed by atoms with Crippen LogP contribution in [0.2, 0.25) is 0 Å². The third-order valence-electron chi connectivity index (χ3n) is 2.99. The van der Waals surface area contributed by atoms with Gasteiger partial charge in [0, 0.05) is 19.6 Å². The topological polar surface area (TPSA) is 104 Å². The smallest absolute Gasteiger partial charge is 0.257 e. The third-order valence-corrected chi connectivity index (χ3v) is 4.32. The normalized spacial score (nSPS) is 29.6. The molecule has 0 bridgehead atoms. The van der Waals surface area contributed by atoms with Crippen LogP contribution in [-0.2, 0) is 14.8 Å². The first kappa shape index (κ1) is 12.5. The molecule has 2 atom stereocenters. The van der Waals surface area contributed by atoms with Crippen molar-refractivity contribution < 1.29 is 18.3 Å². The van der Waals surface area contributed by atoms with Gasteiger partial charge in [-0.1, -0.05) is 0 Å². The zero-order valence-corrected chi connectivity index (χ0v) is 10.2. The molecule has 0 spiro atoms. The summed E-state index contributed by atoms with van der Waals surface area (Å²) < 4.78 is 31.1. The number of H-pyrrole nitrogens is 1. The average molecular weight is 261 g/mol. The van der Waals surface area contributed by atoms with Crippen LogP contribution < -0.4 is 4.72 Å². The van der Waals surface area contributed by atoms with Gasteiger partial charge in [0.15, 0.2) is 5.03 Å². The molecule has 1 aliphatic heterocycles. The van der Waals surface area contributed by atoms with E-state index < -0.39 is 15.6 Å². The summed E-state index contributed by atoms with van der Waals surface area (Å²) >= 11 is 0. The highest BCUT2D eigenvalue weighted by Gasteiger charge is 2.40. The Morgan fingerprint density at radius 2 is 2.53 bits per heavy atom. The molecule has 2 rings (SSSR count). The van der Waals surface area contributed by atoms with Crippen LogP contribution in [0.4, 0.5) is 0 Å². The van der Waals surface area contributed by atoms with Crippen molar-refractivity contribution in [3.63, 3.8) is 0 Å². The summed E-state index contributed by atoms with van der Waals surface area (Å²) in [6, 6.07) is 1.35. The number of nitrogens with zero attached hydrogens (tertiary/aromatic N) is 1. The molecular weight excluding hydrogens is 246 g/mol. The Hall–Kier alpha value is -0.960. The Kier molecular flexibility index (Phi) is 3.21. The van der Waals surface area contributed by atoms with Gasteiger partial charge in [-0.15, -0.1) is 0 Å². The summed E-state index contributed by atoms with van der Waals surface area (Å²) in [5.41, 5.74) is -1.15.